The van der Waals surface area contributed by atoms with Gasteiger partial charge in [0.2, 0.25) is 0 Å². The van der Waals surface area contributed by atoms with Gasteiger partial charge in [0.1, 0.15) is 5.75 Å². The van der Waals surface area contributed by atoms with E-state index in [4.69, 9.17) is 10.5 Å². The second-order valence-electron chi connectivity index (χ2n) is 4.58. The summed E-state index contributed by atoms with van der Waals surface area (Å²) in [6.45, 7) is 6.09. The zero-order chi connectivity index (χ0) is 11.7. The minimum Gasteiger partial charge on any atom is -0.497 e. The summed E-state index contributed by atoms with van der Waals surface area (Å²) in [6, 6.07) is 7.15. The van der Waals surface area contributed by atoms with Crippen LogP contribution in [0.2, 0.25) is 0 Å². The van der Waals surface area contributed by atoms with Crippen molar-refractivity contribution in [1.29, 1.82) is 0 Å². The van der Waals surface area contributed by atoms with E-state index >= 15 is 0 Å². The van der Waals surface area contributed by atoms with E-state index < -0.39 is 0 Å². The Hall–Kier alpha value is -1.06. The van der Waals surface area contributed by atoms with Gasteiger partial charge in [0.05, 0.1) is 7.11 Å². The van der Waals surface area contributed by atoms with E-state index in [1.54, 1.807) is 7.11 Å². The summed E-state index contributed by atoms with van der Waals surface area (Å²) in [5.74, 6) is 0.919. The molecule has 3 nitrogen and oxygen atoms in total. The normalized spacial score (nSPS) is 20.2. The molecular weight excluding hydrogens is 200 g/mol. The number of hydrogen-bond donors (Lipinski definition) is 1. The molecule has 88 valence electrons. The van der Waals surface area contributed by atoms with Gasteiger partial charge in [-0.3, -0.25) is 4.90 Å². The van der Waals surface area contributed by atoms with Gasteiger partial charge >= 0.3 is 0 Å². The fourth-order valence-electron chi connectivity index (χ4n) is 2.44. The highest BCUT2D eigenvalue weighted by atomic mass is 16.5. The summed E-state index contributed by atoms with van der Waals surface area (Å²) >= 11 is 0. The lowest BCUT2D eigenvalue weighted by Crippen LogP contribution is -2.33. The maximum absolute atomic E-state index is 5.89. The average molecular weight is 220 g/mol. The largest absolute Gasteiger partial charge is 0.497 e. The monoisotopic (exact) mass is 220 g/mol. The lowest BCUT2D eigenvalue weighted by Gasteiger charge is -2.27. The topological polar surface area (TPSA) is 38.5 Å². The van der Waals surface area contributed by atoms with Gasteiger partial charge in [-0.05, 0) is 37.1 Å². The first-order valence-electron chi connectivity index (χ1n) is 5.80. The van der Waals surface area contributed by atoms with Crippen molar-refractivity contribution in [3.8, 4) is 5.75 Å². The zero-order valence-electron chi connectivity index (χ0n) is 10.2. The summed E-state index contributed by atoms with van der Waals surface area (Å²) in [4.78, 5) is 2.43. The molecule has 16 heavy (non-hydrogen) atoms. The molecule has 1 aromatic carbocycles. The second kappa shape index (κ2) is 4.44. The molecule has 0 saturated heterocycles. The van der Waals surface area contributed by atoms with Crippen molar-refractivity contribution in [2.45, 2.75) is 32.5 Å². The van der Waals surface area contributed by atoms with Crippen molar-refractivity contribution in [2.75, 3.05) is 13.7 Å². The molecule has 0 radical (unpaired) electrons. The maximum atomic E-state index is 5.89. The minimum atomic E-state index is 0.338. The molecule has 0 aliphatic carbocycles. The molecule has 1 heterocycles. The molecule has 1 atom stereocenters. The van der Waals surface area contributed by atoms with Crippen LogP contribution in [0.25, 0.3) is 0 Å². The smallest absolute Gasteiger partial charge is 0.119 e. The predicted molar refractivity (Wildman–Crippen MR) is 65.5 cm³/mol. The fraction of sp³-hybridized carbons (Fsp3) is 0.538. The van der Waals surface area contributed by atoms with Gasteiger partial charge in [-0.15, -0.1) is 0 Å². The van der Waals surface area contributed by atoms with E-state index in [2.05, 4.69) is 30.9 Å². The van der Waals surface area contributed by atoms with Crippen molar-refractivity contribution in [3.05, 3.63) is 29.3 Å². The summed E-state index contributed by atoms with van der Waals surface area (Å²) in [6.07, 6.45) is 0. The summed E-state index contributed by atoms with van der Waals surface area (Å²) in [7, 11) is 1.70. The Morgan fingerprint density at radius 1 is 1.50 bits per heavy atom. The summed E-state index contributed by atoms with van der Waals surface area (Å²) in [5, 5.41) is 0. The quantitative estimate of drug-likeness (QED) is 0.845. The van der Waals surface area contributed by atoms with Crippen molar-refractivity contribution in [1.82, 2.24) is 4.90 Å². The molecule has 0 saturated carbocycles. The van der Waals surface area contributed by atoms with Crippen LogP contribution in [-0.2, 0) is 6.54 Å². The Labute approximate surface area is 97.2 Å². The molecule has 0 fully saturated rings. The van der Waals surface area contributed by atoms with E-state index in [-0.39, 0.29) is 0 Å². The Morgan fingerprint density at radius 2 is 2.25 bits per heavy atom. The van der Waals surface area contributed by atoms with Crippen molar-refractivity contribution < 1.29 is 4.74 Å². The Balaban J connectivity index is 2.36. The molecular formula is C13H20N2O. The van der Waals surface area contributed by atoms with Gasteiger partial charge in [0, 0.05) is 25.2 Å². The number of methoxy groups -OCH3 is 1. The third-order valence-electron chi connectivity index (χ3n) is 3.35. The van der Waals surface area contributed by atoms with Crippen LogP contribution in [0.5, 0.6) is 5.75 Å². The van der Waals surface area contributed by atoms with Crippen LogP contribution < -0.4 is 10.5 Å². The first-order chi connectivity index (χ1) is 7.67. The first kappa shape index (κ1) is 11.4. The molecule has 0 aromatic heterocycles. The van der Waals surface area contributed by atoms with Crippen molar-refractivity contribution >= 4 is 0 Å². The van der Waals surface area contributed by atoms with Gasteiger partial charge in [-0.25, -0.2) is 0 Å². The number of benzene rings is 1. The van der Waals surface area contributed by atoms with E-state index in [0.717, 1.165) is 12.3 Å². The third kappa shape index (κ3) is 1.81. The molecule has 1 aromatic rings. The SMILES string of the molecule is COc1ccc2c(c1)C(CN)N(C(C)C)C2. The lowest BCUT2D eigenvalue weighted by atomic mass is 10.0. The van der Waals surface area contributed by atoms with Crippen molar-refractivity contribution in [3.63, 3.8) is 0 Å². The first-order valence-corrected chi connectivity index (χ1v) is 5.80. The Morgan fingerprint density at radius 3 is 2.81 bits per heavy atom. The van der Waals surface area contributed by atoms with Gasteiger partial charge in [0.15, 0.2) is 0 Å². The Bertz CT molecular complexity index is 376. The summed E-state index contributed by atoms with van der Waals surface area (Å²) in [5.41, 5.74) is 8.59. The van der Waals surface area contributed by atoms with Crippen LogP contribution in [0.4, 0.5) is 0 Å². The van der Waals surface area contributed by atoms with Crippen LogP contribution >= 0.6 is 0 Å². The lowest BCUT2D eigenvalue weighted by molar-refractivity contribution is 0.172. The number of nitrogens with zero attached hydrogens (tertiary/aromatic N) is 1. The molecule has 0 bridgehead atoms. The third-order valence-corrected chi connectivity index (χ3v) is 3.35. The molecule has 1 aliphatic rings. The summed E-state index contributed by atoms with van der Waals surface area (Å²) < 4.78 is 5.27. The highest BCUT2D eigenvalue weighted by molar-refractivity contribution is 5.40. The minimum absolute atomic E-state index is 0.338. The van der Waals surface area contributed by atoms with E-state index in [1.807, 2.05) is 6.07 Å². The molecule has 0 amide bonds. The molecule has 0 spiro atoms. The molecule has 1 unspecified atom stereocenters. The highest BCUT2D eigenvalue weighted by Gasteiger charge is 2.30. The van der Waals surface area contributed by atoms with E-state index in [9.17, 15) is 0 Å². The number of nitrogens with two attached hydrogens (primary N) is 1. The van der Waals surface area contributed by atoms with Gasteiger partial charge < -0.3 is 10.5 Å². The van der Waals surface area contributed by atoms with Crippen LogP contribution in [0, 0.1) is 0 Å². The molecule has 2 rings (SSSR count). The predicted octanol–water partition coefficient (Wildman–Crippen LogP) is 1.92. The highest BCUT2D eigenvalue weighted by Crippen LogP contribution is 2.36. The molecule has 1 aliphatic heterocycles. The number of rotatable bonds is 3. The van der Waals surface area contributed by atoms with Gasteiger partial charge in [-0.1, -0.05) is 6.07 Å². The van der Waals surface area contributed by atoms with Gasteiger partial charge in [0.25, 0.3) is 0 Å². The van der Waals surface area contributed by atoms with E-state index in [1.165, 1.54) is 11.1 Å². The van der Waals surface area contributed by atoms with Crippen LogP contribution in [-0.4, -0.2) is 24.6 Å². The molecule has 3 heteroatoms. The Kier molecular flexibility index (Phi) is 3.17. The van der Waals surface area contributed by atoms with E-state index in [0.29, 0.717) is 18.6 Å². The fourth-order valence-corrected chi connectivity index (χ4v) is 2.44. The molecule has 2 N–H and O–H groups in total. The zero-order valence-corrected chi connectivity index (χ0v) is 10.2. The number of ether oxygens (including phenoxy) is 1. The van der Waals surface area contributed by atoms with Crippen LogP contribution in [0.1, 0.15) is 31.0 Å². The van der Waals surface area contributed by atoms with Crippen LogP contribution in [0.15, 0.2) is 18.2 Å². The van der Waals surface area contributed by atoms with Crippen LogP contribution in [0.3, 0.4) is 0 Å². The van der Waals surface area contributed by atoms with Gasteiger partial charge in [-0.2, -0.15) is 0 Å². The number of fused-ring (bicyclic) bond motifs is 1. The average Bonchev–Trinajstić information content (AvgIpc) is 2.66. The second-order valence-corrected chi connectivity index (χ2v) is 4.58. The van der Waals surface area contributed by atoms with Crippen molar-refractivity contribution in [2.24, 2.45) is 5.73 Å². The maximum Gasteiger partial charge on any atom is 0.119 e. The standard InChI is InChI=1S/C13H20N2O/c1-9(2)15-8-10-4-5-11(16-3)6-12(10)13(15)7-14/h4-6,9,13H,7-8,14H2,1-3H3. The number of hydrogen-bond acceptors (Lipinski definition) is 3.